The SMILES string of the molecule is CCCCCCc1csc(-c2ccc(-c3cc(CCCCCC)cs3)c3c2=NC2(CCC(C(C)(C)C)CC2)N=3)c1. The van der Waals surface area contributed by atoms with Crippen molar-refractivity contribution >= 4 is 22.7 Å². The van der Waals surface area contributed by atoms with Crippen molar-refractivity contribution in [3.05, 3.63) is 56.9 Å². The molecule has 1 fully saturated rings. The molecule has 3 heterocycles. The Balaban J connectivity index is 1.47. The number of fused-ring (bicyclic) bond motifs is 1. The van der Waals surface area contributed by atoms with Crippen LogP contribution in [0.2, 0.25) is 0 Å². The van der Waals surface area contributed by atoms with Gasteiger partial charge in [-0.2, -0.15) is 0 Å². The van der Waals surface area contributed by atoms with E-state index in [9.17, 15) is 0 Å². The Morgan fingerprint density at radius 2 is 1.20 bits per heavy atom. The summed E-state index contributed by atoms with van der Waals surface area (Å²) in [5, 5.41) is 7.07. The minimum Gasteiger partial charge on any atom is -0.253 e. The second kappa shape index (κ2) is 13.0. The van der Waals surface area contributed by atoms with E-state index in [1.165, 1.54) is 109 Å². The summed E-state index contributed by atoms with van der Waals surface area (Å²) in [5.41, 5.74) is 5.63. The molecule has 4 heteroatoms. The molecule has 3 aromatic rings. The first-order valence-electron chi connectivity index (χ1n) is 16.1. The van der Waals surface area contributed by atoms with Crippen LogP contribution in [0.1, 0.15) is 123 Å². The van der Waals surface area contributed by atoms with Crippen molar-refractivity contribution in [1.29, 1.82) is 0 Å². The molecule has 1 aromatic carbocycles. The third-order valence-corrected chi connectivity index (χ3v) is 11.3. The third-order valence-electron chi connectivity index (χ3n) is 9.28. The highest BCUT2D eigenvalue weighted by Crippen LogP contribution is 2.44. The van der Waals surface area contributed by atoms with E-state index in [0.29, 0.717) is 5.41 Å². The molecular weight excluding hydrogens is 525 g/mol. The zero-order valence-corrected chi connectivity index (χ0v) is 27.3. The lowest BCUT2D eigenvalue weighted by Crippen LogP contribution is -2.34. The Labute approximate surface area is 251 Å². The van der Waals surface area contributed by atoms with E-state index >= 15 is 0 Å². The monoisotopic (exact) mass is 574 g/mol. The van der Waals surface area contributed by atoms with Gasteiger partial charge in [-0.05, 0) is 96.7 Å². The Bertz CT molecular complexity index is 1290. The zero-order chi connectivity index (χ0) is 28.2. The standard InChI is InChI=1S/C36H50N2S2/c1-6-8-10-12-14-26-22-31(39-24-26)29-16-17-30(32-23-27(25-40-32)15-13-11-9-7-2)34-33(29)37-36(38-34)20-18-28(19-21-36)35(3,4)5/h16-17,22-25,28H,6-15,18-21H2,1-5H3. The van der Waals surface area contributed by atoms with Crippen molar-refractivity contribution < 1.29 is 0 Å². The van der Waals surface area contributed by atoms with Crippen molar-refractivity contribution in [1.82, 2.24) is 0 Å². The molecule has 0 N–H and O–H groups in total. The summed E-state index contributed by atoms with van der Waals surface area (Å²) in [6.07, 6.45) is 17.5. The summed E-state index contributed by atoms with van der Waals surface area (Å²) in [5.74, 6) is 0.756. The molecule has 216 valence electrons. The molecule has 0 radical (unpaired) electrons. The lowest BCUT2D eigenvalue weighted by Gasteiger charge is -2.39. The van der Waals surface area contributed by atoms with Gasteiger partial charge in [-0.15, -0.1) is 22.7 Å². The summed E-state index contributed by atoms with van der Waals surface area (Å²) in [7, 11) is 0. The first-order chi connectivity index (χ1) is 19.3. The fourth-order valence-corrected chi connectivity index (χ4v) is 8.57. The Morgan fingerprint density at radius 1 is 0.725 bits per heavy atom. The first-order valence-corrected chi connectivity index (χ1v) is 17.9. The molecule has 2 aromatic heterocycles. The van der Waals surface area contributed by atoms with Gasteiger partial charge in [0.05, 0.1) is 10.7 Å². The van der Waals surface area contributed by atoms with Crippen molar-refractivity contribution in [2.75, 3.05) is 0 Å². The number of aryl methyl sites for hydroxylation is 2. The summed E-state index contributed by atoms with van der Waals surface area (Å²) in [6, 6.07) is 9.56. The average Bonchev–Trinajstić information content (AvgIpc) is 3.67. The van der Waals surface area contributed by atoms with Crippen LogP contribution in [0.25, 0.3) is 20.9 Å². The number of benzene rings is 1. The van der Waals surface area contributed by atoms with Crippen LogP contribution in [0.3, 0.4) is 0 Å². The van der Waals surface area contributed by atoms with Gasteiger partial charge in [0.15, 0.2) is 5.66 Å². The van der Waals surface area contributed by atoms with Crippen LogP contribution in [-0.2, 0) is 12.8 Å². The van der Waals surface area contributed by atoms with E-state index < -0.39 is 0 Å². The van der Waals surface area contributed by atoms with Crippen molar-refractivity contribution in [3.8, 4) is 20.9 Å². The van der Waals surface area contributed by atoms with Crippen LogP contribution < -0.4 is 10.7 Å². The summed E-state index contributed by atoms with van der Waals surface area (Å²) >= 11 is 3.78. The average molecular weight is 575 g/mol. The van der Waals surface area contributed by atoms with Crippen LogP contribution in [-0.4, -0.2) is 5.66 Å². The molecule has 2 nitrogen and oxygen atoms in total. The molecule has 1 aliphatic carbocycles. The number of thiophene rings is 2. The molecule has 40 heavy (non-hydrogen) atoms. The topological polar surface area (TPSA) is 24.7 Å². The summed E-state index contributed by atoms with van der Waals surface area (Å²) < 4.78 is 0. The van der Waals surface area contributed by atoms with Crippen molar-refractivity contribution in [2.24, 2.45) is 21.3 Å². The summed E-state index contributed by atoms with van der Waals surface area (Å²) in [4.78, 5) is 13.8. The van der Waals surface area contributed by atoms with Crippen molar-refractivity contribution in [3.63, 3.8) is 0 Å². The lowest BCUT2D eigenvalue weighted by molar-refractivity contribution is 0.138. The Kier molecular flexibility index (Phi) is 9.67. The lowest BCUT2D eigenvalue weighted by atomic mass is 9.70. The predicted molar refractivity (Wildman–Crippen MR) is 175 cm³/mol. The minimum absolute atomic E-state index is 0.268. The van der Waals surface area contributed by atoms with E-state index in [2.05, 4.69) is 69.6 Å². The van der Waals surface area contributed by atoms with Crippen LogP contribution in [0.4, 0.5) is 0 Å². The highest BCUT2D eigenvalue weighted by molar-refractivity contribution is 7.14. The molecule has 0 saturated heterocycles. The summed E-state index contributed by atoms with van der Waals surface area (Å²) in [6.45, 7) is 11.8. The highest BCUT2D eigenvalue weighted by atomic mass is 32.1. The van der Waals surface area contributed by atoms with Crippen LogP contribution in [0, 0.1) is 11.3 Å². The van der Waals surface area contributed by atoms with E-state index in [0.717, 1.165) is 29.5 Å². The second-order valence-electron chi connectivity index (χ2n) is 13.5. The molecule has 2 aliphatic rings. The van der Waals surface area contributed by atoms with Gasteiger partial charge in [0.25, 0.3) is 0 Å². The van der Waals surface area contributed by atoms with E-state index in [4.69, 9.17) is 9.98 Å². The molecule has 0 amide bonds. The van der Waals surface area contributed by atoms with Gasteiger partial charge in [-0.1, -0.05) is 85.3 Å². The highest BCUT2D eigenvalue weighted by Gasteiger charge is 2.40. The Morgan fingerprint density at radius 3 is 1.62 bits per heavy atom. The number of rotatable bonds is 12. The fraction of sp³-hybridized carbons (Fsp3) is 0.611. The molecule has 0 bridgehead atoms. The van der Waals surface area contributed by atoms with Crippen LogP contribution in [0.15, 0.2) is 45.0 Å². The smallest absolute Gasteiger partial charge is 0.151 e. The van der Waals surface area contributed by atoms with E-state index in [1.807, 2.05) is 22.7 Å². The zero-order valence-electron chi connectivity index (χ0n) is 25.7. The number of hydrogen-bond acceptors (Lipinski definition) is 4. The molecular formula is C36H50N2S2. The number of hydrogen-bond donors (Lipinski definition) is 0. The molecule has 1 aliphatic heterocycles. The maximum atomic E-state index is 5.54. The molecule has 1 spiro atoms. The van der Waals surface area contributed by atoms with Gasteiger partial charge in [0, 0.05) is 20.9 Å². The molecule has 1 saturated carbocycles. The van der Waals surface area contributed by atoms with E-state index in [1.54, 1.807) is 0 Å². The quantitative estimate of drug-likeness (QED) is 0.192. The van der Waals surface area contributed by atoms with Crippen LogP contribution >= 0.6 is 22.7 Å². The third kappa shape index (κ3) is 6.81. The van der Waals surface area contributed by atoms with Crippen LogP contribution in [0.5, 0.6) is 0 Å². The minimum atomic E-state index is -0.268. The van der Waals surface area contributed by atoms with Gasteiger partial charge >= 0.3 is 0 Å². The molecule has 5 rings (SSSR count). The van der Waals surface area contributed by atoms with Crippen molar-refractivity contribution in [2.45, 2.75) is 130 Å². The molecule has 0 unspecified atom stereocenters. The van der Waals surface area contributed by atoms with E-state index in [-0.39, 0.29) is 5.66 Å². The molecule has 0 atom stereocenters. The van der Waals surface area contributed by atoms with Gasteiger partial charge < -0.3 is 0 Å². The maximum Gasteiger partial charge on any atom is 0.151 e. The predicted octanol–water partition coefficient (Wildman–Crippen LogP) is 10.6. The van der Waals surface area contributed by atoms with Gasteiger partial charge in [-0.25, -0.2) is 0 Å². The maximum absolute atomic E-state index is 5.54. The fourth-order valence-electron chi connectivity index (χ4n) is 6.62. The van der Waals surface area contributed by atoms with Gasteiger partial charge in [0.2, 0.25) is 0 Å². The largest absolute Gasteiger partial charge is 0.253 e. The normalized spacial score (nSPS) is 16.7. The van der Waals surface area contributed by atoms with Gasteiger partial charge in [-0.3, -0.25) is 9.98 Å². The second-order valence-corrected chi connectivity index (χ2v) is 15.3. The van der Waals surface area contributed by atoms with Gasteiger partial charge in [0.1, 0.15) is 0 Å². The number of nitrogens with zero attached hydrogens (tertiary/aromatic N) is 2. The number of unbranched alkanes of at least 4 members (excludes halogenated alkanes) is 6. The Hall–Kier alpha value is -1.78. The first kappa shape index (κ1) is 29.7.